The molecule has 0 aliphatic rings. The average Bonchev–Trinajstić information content (AvgIpc) is 2.69. The lowest BCUT2D eigenvalue weighted by Crippen LogP contribution is -2.05. The Hall–Kier alpha value is -1.88. The van der Waals surface area contributed by atoms with Gasteiger partial charge in [0, 0.05) is 27.8 Å². The molecule has 0 amide bonds. The van der Waals surface area contributed by atoms with Crippen LogP contribution in [0.3, 0.4) is 0 Å². The van der Waals surface area contributed by atoms with Gasteiger partial charge in [-0.3, -0.25) is 0 Å². The molecule has 6 heteroatoms. The second-order valence-electron chi connectivity index (χ2n) is 7.03. The molecule has 0 aliphatic heterocycles. The van der Waals surface area contributed by atoms with Crippen molar-refractivity contribution in [1.29, 1.82) is 0 Å². The molecular formula is C24H24BrCl2NO2. The van der Waals surface area contributed by atoms with Crippen molar-refractivity contribution in [3.63, 3.8) is 0 Å². The molecule has 0 spiro atoms. The Morgan fingerprint density at radius 1 is 0.967 bits per heavy atom. The number of halogens is 3. The lowest BCUT2D eigenvalue weighted by atomic mass is 10.1. The molecular weight excluding hydrogens is 485 g/mol. The third kappa shape index (κ3) is 5.84. The van der Waals surface area contributed by atoms with Crippen LogP contribution < -0.4 is 14.8 Å². The van der Waals surface area contributed by atoms with E-state index in [9.17, 15) is 0 Å². The summed E-state index contributed by atoms with van der Waals surface area (Å²) < 4.78 is 12.7. The van der Waals surface area contributed by atoms with Crippen molar-refractivity contribution in [1.82, 2.24) is 0 Å². The molecule has 0 unspecified atom stereocenters. The van der Waals surface area contributed by atoms with E-state index in [1.807, 2.05) is 25.1 Å². The summed E-state index contributed by atoms with van der Waals surface area (Å²) in [6.45, 7) is 7.67. The van der Waals surface area contributed by atoms with Crippen molar-refractivity contribution in [3.8, 4) is 11.5 Å². The standard InChI is InChI=1S/C24H24BrCl2NO2/c1-4-29-23-11-17(13-28-22-9-15(2)5-6-16(22)3)10-20(25)24(23)30-14-18-7-8-19(26)12-21(18)27/h5-12,28H,4,13-14H2,1-3H3. The van der Waals surface area contributed by atoms with Crippen molar-refractivity contribution >= 4 is 44.8 Å². The maximum Gasteiger partial charge on any atom is 0.175 e. The zero-order valence-electron chi connectivity index (χ0n) is 17.2. The minimum absolute atomic E-state index is 0.314. The average molecular weight is 509 g/mol. The molecule has 0 aliphatic carbocycles. The van der Waals surface area contributed by atoms with Gasteiger partial charge in [-0.15, -0.1) is 0 Å². The van der Waals surface area contributed by atoms with Crippen LogP contribution in [-0.4, -0.2) is 6.61 Å². The number of benzene rings is 3. The van der Waals surface area contributed by atoms with E-state index in [1.165, 1.54) is 11.1 Å². The predicted octanol–water partition coefficient (Wildman–Crippen LogP) is 7.96. The van der Waals surface area contributed by atoms with Crippen LogP contribution in [0.1, 0.15) is 29.2 Å². The molecule has 0 radical (unpaired) electrons. The quantitative estimate of drug-likeness (QED) is 0.334. The van der Waals surface area contributed by atoms with Crippen LogP contribution in [0.4, 0.5) is 5.69 Å². The molecule has 0 bridgehead atoms. The highest BCUT2D eigenvalue weighted by atomic mass is 79.9. The Morgan fingerprint density at radius 3 is 2.50 bits per heavy atom. The SMILES string of the molecule is CCOc1cc(CNc2cc(C)ccc2C)cc(Br)c1OCc1ccc(Cl)cc1Cl. The summed E-state index contributed by atoms with van der Waals surface area (Å²) in [6.07, 6.45) is 0. The fourth-order valence-electron chi connectivity index (χ4n) is 3.04. The normalized spacial score (nSPS) is 10.7. The highest BCUT2D eigenvalue weighted by molar-refractivity contribution is 9.10. The largest absolute Gasteiger partial charge is 0.490 e. The summed E-state index contributed by atoms with van der Waals surface area (Å²) in [7, 11) is 0. The summed E-state index contributed by atoms with van der Waals surface area (Å²) in [5, 5.41) is 4.68. The lowest BCUT2D eigenvalue weighted by Gasteiger charge is -2.17. The van der Waals surface area contributed by atoms with Crippen LogP contribution in [0.5, 0.6) is 11.5 Å². The van der Waals surface area contributed by atoms with Crippen LogP contribution in [0.25, 0.3) is 0 Å². The molecule has 0 fully saturated rings. The van der Waals surface area contributed by atoms with E-state index < -0.39 is 0 Å². The third-order valence-electron chi connectivity index (χ3n) is 4.63. The van der Waals surface area contributed by atoms with Gasteiger partial charge in [-0.05, 0) is 83.7 Å². The van der Waals surface area contributed by atoms with E-state index in [0.717, 1.165) is 21.3 Å². The number of ether oxygens (including phenoxy) is 2. The summed E-state index contributed by atoms with van der Waals surface area (Å²) >= 11 is 15.9. The number of aryl methyl sites for hydroxylation is 2. The van der Waals surface area contributed by atoms with Crippen LogP contribution in [0.15, 0.2) is 53.0 Å². The van der Waals surface area contributed by atoms with E-state index in [1.54, 1.807) is 12.1 Å². The molecule has 0 saturated heterocycles. The zero-order valence-corrected chi connectivity index (χ0v) is 20.3. The van der Waals surface area contributed by atoms with Crippen molar-refractivity contribution in [2.24, 2.45) is 0 Å². The molecule has 30 heavy (non-hydrogen) atoms. The maximum atomic E-state index is 6.27. The highest BCUT2D eigenvalue weighted by Gasteiger charge is 2.14. The van der Waals surface area contributed by atoms with Gasteiger partial charge in [-0.2, -0.15) is 0 Å². The third-order valence-corrected chi connectivity index (χ3v) is 5.81. The molecule has 3 aromatic carbocycles. The molecule has 0 atom stereocenters. The van der Waals surface area contributed by atoms with Crippen LogP contribution in [-0.2, 0) is 13.2 Å². The minimum Gasteiger partial charge on any atom is -0.490 e. The topological polar surface area (TPSA) is 30.5 Å². The second-order valence-corrected chi connectivity index (χ2v) is 8.73. The number of nitrogens with one attached hydrogen (secondary N) is 1. The molecule has 3 aromatic rings. The van der Waals surface area contributed by atoms with E-state index >= 15 is 0 Å². The van der Waals surface area contributed by atoms with E-state index in [0.29, 0.717) is 41.3 Å². The van der Waals surface area contributed by atoms with Gasteiger partial charge in [0.15, 0.2) is 11.5 Å². The molecule has 3 nitrogen and oxygen atoms in total. The van der Waals surface area contributed by atoms with Gasteiger partial charge >= 0.3 is 0 Å². The van der Waals surface area contributed by atoms with E-state index in [4.69, 9.17) is 32.7 Å². The minimum atomic E-state index is 0.314. The summed E-state index contributed by atoms with van der Waals surface area (Å²) in [5.41, 5.74) is 5.51. The van der Waals surface area contributed by atoms with Gasteiger partial charge in [-0.1, -0.05) is 41.4 Å². The molecule has 0 saturated carbocycles. The first-order valence-electron chi connectivity index (χ1n) is 9.70. The van der Waals surface area contributed by atoms with E-state index in [-0.39, 0.29) is 0 Å². The Labute approximate surface area is 196 Å². The van der Waals surface area contributed by atoms with Crippen molar-refractivity contribution in [3.05, 3.63) is 85.3 Å². The first kappa shape index (κ1) is 22.8. The van der Waals surface area contributed by atoms with Crippen molar-refractivity contribution < 1.29 is 9.47 Å². The van der Waals surface area contributed by atoms with E-state index in [2.05, 4.69) is 53.3 Å². The fourth-order valence-corrected chi connectivity index (χ4v) is 4.11. The van der Waals surface area contributed by atoms with Gasteiger partial charge < -0.3 is 14.8 Å². The highest BCUT2D eigenvalue weighted by Crippen LogP contribution is 2.38. The van der Waals surface area contributed by atoms with Crippen LogP contribution in [0, 0.1) is 13.8 Å². The van der Waals surface area contributed by atoms with Crippen molar-refractivity contribution in [2.75, 3.05) is 11.9 Å². The van der Waals surface area contributed by atoms with Gasteiger partial charge in [0.25, 0.3) is 0 Å². The summed E-state index contributed by atoms with van der Waals surface area (Å²) in [5.74, 6) is 1.34. The molecule has 0 aromatic heterocycles. The first-order valence-corrected chi connectivity index (χ1v) is 11.3. The Balaban J connectivity index is 1.78. The monoisotopic (exact) mass is 507 g/mol. The van der Waals surface area contributed by atoms with Gasteiger partial charge in [0.05, 0.1) is 11.1 Å². The number of hydrogen-bond donors (Lipinski definition) is 1. The predicted molar refractivity (Wildman–Crippen MR) is 129 cm³/mol. The van der Waals surface area contributed by atoms with Gasteiger partial charge in [-0.25, -0.2) is 0 Å². The summed E-state index contributed by atoms with van der Waals surface area (Å²) in [4.78, 5) is 0. The first-order chi connectivity index (χ1) is 14.4. The lowest BCUT2D eigenvalue weighted by molar-refractivity contribution is 0.267. The Morgan fingerprint density at radius 2 is 1.77 bits per heavy atom. The van der Waals surface area contributed by atoms with Crippen LogP contribution >= 0.6 is 39.1 Å². The van der Waals surface area contributed by atoms with Gasteiger partial charge in [0.2, 0.25) is 0 Å². The number of rotatable bonds is 8. The second kappa shape index (κ2) is 10.4. The smallest absolute Gasteiger partial charge is 0.175 e. The summed E-state index contributed by atoms with van der Waals surface area (Å²) in [6, 6.07) is 15.8. The number of anilines is 1. The number of hydrogen-bond acceptors (Lipinski definition) is 3. The van der Waals surface area contributed by atoms with Gasteiger partial charge in [0.1, 0.15) is 6.61 Å². The Bertz CT molecular complexity index is 1040. The fraction of sp³-hybridized carbons (Fsp3) is 0.250. The zero-order chi connectivity index (χ0) is 21.7. The van der Waals surface area contributed by atoms with Crippen LogP contribution in [0.2, 0.25) is 10.0 Å². The molecule has 1 N–H and O–H groups in total. The maximum absolute atomic E-state index is 6.27. The Kier molecular flexibility index (Phi) is 7.93. The molecule has 158 valence electrons. The molecule has 0 heterocycles. The molecule has 3 rings (SSSR count). The van der Waals surface area contributed by atoms with Crippen molar-refractivity contribution in [2.45, 2.75) is 33.9 Å².